The summed E-state index contributed by atoms with van der Waals surface area (Å²) in [6.07, 6.45) is -0.740. The maximum atomic E-state index is 13.7. The molecule has 1 aliphatic carbocycles. The number of Topliss-reactive ketones (excluding diaryl/α,β-unsaturated/α-hetero) is 1. The van der Waals surface area contributed by atoms with Gasteiger partial charge in [-0.25, -0.2) is 8.78 Å². The Morgan fingerprint density at radius 3 is 2.43 bits per heavy atom. The number of benzene rings is 1. The number of nitrogens with one attached hydrogen (secondary N) is 3. The molecule has 1 fully saturated rings. The van der Waals surface area contributed by atoms with E-state index < -0.39 is 47.8 Å². The van der Waals surface area contributed by atoms with Gasteiger partial charge in [-0.2, -0.15) is 5.26 Å². The molecule has 1 atom stereocenters. The number of nitrogens with zero attached hydrogens (tertiary/aromatic N) is 2. The highest BCUT2D eigenvalue weighted by Crippen LogP contribution is 2.46. The Morgan fingerprint density at radius 1 is 1.16 bits per heavy atom. The summed E-state index contributed by atoms with van der Waals surface area (Å²) in [6, 6.07) is 6.85. The lowest BCUT2D eigenvalue weighted by atomic mass is 9.72. The quantitative estimate of drug-likeness (QED) is 0.405. The third-order valence-electron chi connectivity index (χ3n) is 7.19. The highest BCUT2D eigenvalue weighted by molar-refractivity contribution is 6.44. The summed E-state index contributed by atoms with van der Waals surface area (Å²) >= 11 is 0. The van der Waals surface area contributed by atoms with Gasteiger partial charge >= 0.3 is 0 Å². The summed E-state index contributed by atoms with van der Waals surface area (Å²) in [5.41, 5.74) is 0.702. The van der Waals surface area contributed by atoms with E-state index in [9.17, 15) is 33.2 Å². The van der Waals surface area contributed by atoms with Crippen LogP contribution in [0.25, 0.3) is 0 Å². The molecule has 9 nitrogen and oxygen atoms in total. The fourth-order valence-electron chi connectivity index (χ4n) is 5.33. The summed E-state index contributed by atoms with van der Waals surface area (Å²) in [5.74, 6) is -6.62. The molecular formula is C26H27F2N5O4. The smallest absolute Gasteiger partial charge is 0.293 e. The zero-order chi connectivity index (χ0) is 27.3. The van der Waals surface area contributed by atoms with E-state index in [0.717, 1.165) is 5.56 Å². The molecule has 1 unspecified atom stereocenters. The number of carbonyl (C=O) groups excluding carboxylic acids is 4. The minimum atomic E-state index is -3.13. The lowest BCUT2D eigenvalue weighted by Crippen LogP contribution is -2.69. The van der Waals surface area contributed by atoms with Crippen molar-refractivity contribution in [2.75, 3.05) is 12.4 Å². The van der Waals surface area contributed by atoms with E-state index in [4.69, 9.17) is 0 Å². The minimum Gasteiger partial charge on any atom is -0.357 e. The van der Waals surface area contributed by atoms with Crippen molar-refractivity contribution >= 4 is 29.2 Å². The number of hydrogen-bond donors (Lipinski definition) is 3. The van der Waals surface area contributed by atoms with Crippen LogP contribution in [0.4, 0.5) is 14.5 Å². The SMILES string of the molecule is CNC(=O)C1(NC(=O)C(=O)c2c(C)c(C(=O)Nc3ccc(C)c(C#N)c3)n3c2CCC3C)CC(F)(F)C1. The molecule has 194 valence electrons. The lowest BCUT2D eigenvalue weighted by Gasteiger charge is -2.45. The van der Waals surface area contributed by atoms with Crippen molar-refractivity contribution in [1.29, 1.82) is 5.26 Å². The van der Waals surface area contributed by atoms with Crippen LogP contribution >= 0.6 is 0 Å². The van der Waals surface area contributed by atoms with Crippen molar-refractivity contribution in [1.82, 2.24) is 15.2 Å². The predicted octanol–water partition coefficient (Wildman–Crippen LogP) is 2.95. The van der Waals surface area contributed by atoms with Crippen LogP contribution in [0.2, 0.25) is 0 Å². The topological polar surface area (TPSA) is 133 Å². The van der Waals surface area contributed by atoms with Gasteiger partial charge in [-0.1, -0.05) is 6.07 Å². The van der Waals surface area contributed by atoms with Crippen molar-refractivity contribution < 1.29 is 28.0 Å². The number of nitriles is 1. The molecule has 0 radical (unpaired) electrons. The van der Waals surface area contributed by atoms with E-state index >= 15 is 0 Å². The summed E-state index contributed by atoms with van der Waals surface area (Å²) < 4.78 is 29.0. The van der Waals surface area contributed by atoms with Crippen LogP contribution < -0.4 is 16.0 Å². The number of rotatable bonds is 6. The van der Waals surface area contributed by atoms with Crippen molar-refractivity contribution in [2.24, 2.45) is 0 Å². The summed E-state index contributed by atoms with van der Waals surface area (Å²) in [5, 5.41) is 16.6. The average molecular weight is 512 g/mol. The number of amides is 3. The molecule has 0 bridgehead atoms. The largest absolute Gasteiger partial charge is 0.357 e. The Bertz CT molecular complexity index is 1380. The zero-order valence-corrected chi connectivity index (χ0v) is 20.9. The second-order valence-corrected chi connectivity index (χ2v) is 9.80. The van der Waals surface area contributed by atoms with Crippen molar-refractivity contribution in [3.8, 4) is 6.07 Å². The number of aromatic nitrogens is 1. The van der Waals surface area contributed by atoms with E-state index in [0.29, 0.717) is 29.8 Å². The van der Waals surface area contributed by atoms with Crippen molar-refractivity contribution in [3.63, 3.8) is 0 Å². The number of carbonyl (C=O) groups is 4. The number of aryl methyl sites for hydroxylation is 1. The first-order valence-corrected chi connectivity index (χ1v) is 11.9. The first-order valence-electron chi connectivity index (χ1n) is 11.9. The van der Waals surface area contributed by atoms with E-state index in [1.54, 1.807) is 36.6 Å². The standard InChI is InChI=1S/C26H27F2N5O4/c1-13-5-7-17(9-16(13)10-29)31-22(35)20-15(3)19(18-8-6-14(2)33(18)20)21(34)23(36)32-25(24(37)30-4)11-26(27,28)12-25/h5,7,9,14H,6,8,11-12H2,1-4H3,(H,30,37)(H,31,35)(H,32,36). The molecule has 1 aliphatic heterocycles. The first kappa shape index (κ1) is 26.0. The molecule has 4 rings (SSSR count). The molecule has 37 heavy (non-hydrogen) atoms. The van der Waals surface area contributed by atoms with Crippen LogP contribution in [0.3, 0.4) is 0 Å². The highest BCUT2D eigenvalue weighted by atomic mass is 19.3. The molecule has 2 heterocycles. The second kappa shape index (κ2) is 9.10. The maximum Gasteiger partial charge on any atom is 0.293 e. The number of halogens is 2. The molecule has 3 N–H and O–H groups in total. The predicted molar refractivity (Wildman–Crippen MR) is 130 cm³/mol. The number of alkyl halides is 2. The van der Waals surface area contributed by atoms with Gasteiger partial charge in [-0.3, -0.25) is 19.2 Å². The Hall–Kier alpha value is -4.07. The molecule has 0 saturated heterocycles. The van der Waals surface area contributed by atoms with Crippen LogP contribution in [-0.4, -0.2) is 46.6 Å². The van der Waals surface area contributed by atoms with Gasteiger partial charge in [0.15, 0.2) is 0 Å². The van der Waals surface area contributed by atoms with Crippen LogP contribution in [0.5, 0.6) is 0 Å². The third kappa shape index (κ3) is 4.37. The van der Waals surface area contributed by atoms with Gasteiger partial charge in [-0.15, -0.1) is 0 Å². The van der Waals surface area contributed by atoms with Gasteiger partial charge in [0.05, 0.1) is 17.2 Å². The highest BCUT2D eigenvalue weighted by Gasteiger charge is 2.62. The summed E-state index contributed by atoms with van der Waals surface area (Å²) in [6.45, 7) is 5.21. The van der Waals surface area contributed by atoms with Crippen LogP contribution in [0, 0.1) is 25.2 Å². The van der Waals surface area contributed by atoms with Gasteiger partial charge in [0.1, 0.15) is 11.2 Å². The Morgan fingerprint density at radius 2 is 1.84 bits per heavy atom. The molecule has 2 aromatic rings. The number of ketones is 1. The zero-order valence-electron chi connectivity index (χ0n) is 20.9. The van der Waals surface area contributed by atoms with Gasteiger partial charge in [-0.05, 0) is 56.9 Å². The first-order chi connectivity index (χ1) is 17.3. The number of fused-ring (bicyclic) bond motifs is 1. The molecule has 1 aromatic carbocycles. The van der Waals surface area contributed by atoms with E-state index in [1.165, 1.54) is 7.05 Å². The number of hydrogen-bond acceptors (Lipinski definition) is 5. The summed E-state index contributed by atoms with van der Waals surface area (Å²) in [4.78, 5) is 51.9. The number of anilines is 1. The monoisotopic (exact) mass is 511 g/mol. The van der Waals surface area contributed by atoms with E-state index in [-0.39, 0.29) is 22.9 Å². The number of likely N-dealkylation sites (N-methyl/N-ethyl adjacent to an activating group) is 1. The Labute approximate surface area is 212 Å². The van der Waals surface area contributed by atoms with Crippen molar-refractivity contribution in [2.45, 2.75) is 64.0 Å². The minimum absolute atomic E-state index is 0.0340. The summed E-state index contributed by atoms with van der Waals surface area (Å²) in [7, 11) is 1.26. The lowest BCUT2D eigenvalue weighted by molar-refractivity contribution is -0.164. The molecular weight excluding hydrogens is 484 g/mol. The molecule has 3 amide bonds. The molecule has 0 spiro atoms. The van der Waals surface area contributed by atoms with Crippen LogP contribution in [0.15, 0.2) is 18.2 Å². The fraction of sp³-hybridized carbons (Fsp3) is 0.423. The van der Waals surface area contributed by atoms with Crippen LogP contribution in [-0.2, 0) is 16.0 Å². The van der Waals surface area contributed by atoms with Crippen molar-refractivity contribution in [3.05, 3.63) is 51.8 Å². The molecule has 2 aliphatic rings. The normalized spacial score (nSPS) is 18.7. The van der Waals surface area contributed by atoms with E-state index in [2.05, 4.69) is 22.0 Å². The van der Waals surface area contributed by atoms with Gasteiger partial charge < -0.3 is 20.5 Å². The second-order valence-electron chi connectivity index (χ2n) is 9.80. The van der Waals surface area contributed by atoms with Gasteiger partial charge in [0, 0.05) is 37.3 Å². The van der Waals surface area contributed by atoms with Crippen LogP contribution in [0.1, 0.15) is 75.5 Å². The van der Waals surface area contributed by atoms with E-state index in [1.807, 2.05) is 6.92 Å². The third-order valence-corrected chi connectivity index (χ3v) is 7.19. The molecule has 11 heteroatoms. The Balaban J connectivity index is 1.66. The fourth-order valence-corrected chi connectivity index (χ4v) is 5.33. The average Bonchev–Trinajstić information content (AvgIpc) is 3.33. The molecule has 1 aromatic heterocycles. The Kier molecular flexibility index (Phi) is 6.40. The van der Waals surface area contributed by atoms with Gasteiger partial charge in [0.25, 0.3) is 23.5 Å². The maximum absolute atomic E-state index is 13.7. The molecule has 1 saturated carbocycles. The van der Waals surface area contributed by atoms with Gasteiger partial charge in [0.2, 0.25) is 5.91 Å².